The van der Waals surface area contributed by atoms with Gasteiger partial charge in [-0.1, -0.05) is 30.3 Å². The van der Waals surface area contributed by atoms with Gasteiger partial charge in [0.2, 0.25) is 0 Å². The molecule has 1 N–H and O–H groups in total. The van der Waals surface area contributed by atoms with Gasteiger partial charge in [0.1, 0.15) is 16.6 Å². The van der Waals surface area contributed by atoms with Crippen LogP contribution in [0, 0.1) is 14.9 Å². The van der Waals surface area contributed by atoms with Gasteiger partial charge in [0.15, 0.2) is 0 Å². The summed E-state index contributed by atoms with van der Waals surface area (Å²) in [6.07, 6.45) is 1.70. The molecular formula is C18H12IN3S. The quantitative estimate of drug-likeness (QED) is 0.447. The minimum atomic E-state index is 0.524. The molecule has 0 radical (unpaired) electrons. The second-order valence-electron chi connectivity index (χ2n) is 4.72. The minimum absolute atomic E-state index is 0.524. The van der Waals surface area contributed by atoms with Crippen molar-refractivity contribution in [2.75, 3.05) is 5.32 Å². The Morgan fingerprint density at radius 1 is 1.13 bits per heavy atom. The molecule has 2 aromatic carbocycles. The summed E-state index contributed by atoms with van der Waals surface area (Å²) in [6.45, 7) is 0. The molecule has 0 spiro atoms. The van der Waals surface area contributed by atoms with Crippen LogP contribution in [-0.4, -0.2) is 4.98 Å². The molecule has 3 rings (SSSR count). The largest absolute Gasteiger partial charge is 0.360 e. The zero-order valence-corrected chi connectivity index (χ0v) is 15.0. The van der Waals surface area contributed by atoms with E-state index in [1.807, 2.05) is 60.0 Å². The number of nitriles is 1. The first-order valence-corrected chi connectivity index (χ1v) is 8.86. The highest BCUT2D eigenvalue weighted by atomic mass is 127. The third-order valence-corrected chi connectivity index (χ3v) is 4.75. The average molecular weight is 429 g/mol. The lowest BCUT2D eigenvalue weighted by molar-refractivity contribution is 1.36. The van der Waals surface area contributed by atoms with E-state index in [2.05, 4.69) is 39.0 Å². The van der Waals surface area contributed by atoms with Crippen molar-refractivity contribution in [1.29, 1.82) is 5.26 Å². The number of rotatable bonds is 4. The molecule has 112 valence electrons. The van der Waals surface area contributed by atoms with E-state index in [1.165, 1.54) is 14.9 Å². The number of aromatic nitrogens is 1. The number of halogens is 1. The number of allylic oxidation sites excluding steroid dienone is 1. The van der Waals surface area contributed by atoms with E-state index in [4.69, 9.17) is 0 Å². The maximum Gasteiger partial charge on any atom is 0.136 e. The van der Waals surface area contributed by atoms with Crippen LogP contribution >= 0.6 is 33.9 Å². The highest BCUT2D eigenvalue weighted by Gasteiger charge is 2.08. The molecule has 3 aromatic rings. The maximum atomic E-state index is 9.39. The molecule has 0 aliphatic rings. The van der Waals surface area contributed by atoms with Gasteiger partial charge in [-0.15, -0.1) is 11.3 Å². The summed E-state index contributed by atoms with van der Waals surface area (Å²) >= 11 is 3.73. The van der Waals surface area contributed by atoms with Gasteiger partial charge >= 0.3 is 0 Å². The van der Waals surface area contributed by atoms with Crippen LogP contribution in [0.2, 0.25) is 0 Å². The number of thiazole rings is 1. The topological polar surface area (TPSA) is 48.7 Å². The van der Waals surface area contributed by atoms with Crippen molar-refractivity contribution in [3.05, 3.63) is 74.8 Å². The minimum Gasteiger partial charge on any atom is -0.360 e. The van der Waals surface area contributed by atoms with Crippen molar-refractivity contribution < 1.29 is 0 Å². The van der Waals surface area contributed by atoms with Crippen molar-refractivity contribution in [1.82, 2.24) is 4.98 Å². The van der Waals surface area contributed by atoms with Gasteiger partial charge in [-0.3, -0.25) is 0 Å². The third-order valence-electron chi connectivity index (χ3n) is 3.15. The number of nitrogens with zero attached hydrogens (tertiary/aromatic N) is 2. The molecule has 0 fully saturated rings. The number of hydrogen-bond acceptors (Lipinski definition) is 4. The Bertz CT molecular complexity index is 861. The normalized spacial score (nSPS) is 11.0. The zero-order valence-electron chi connectivity index (χ0n) is 12.0. The summed E-state index contributed by atoms with van der Waals surface area (Å²) in [5.41, 5.74) is 3.41. The standard InChI is InChI=1S/C18H12IN3S/c19-15-6-8-16(9-7-15)21-11-14(10-20)18-22-17(12-23-18)13-4-2-1-3-5-13/h1-9,11-12,21H/b14-11+. The molecule has 0 bridgehead atoms. The number of hydrogen-bond donors (Lipinski definition) is 1. The first-order valence-electron chi connectivity index (χ1n) is 6.90. The van der Waals surface area contributed by atoms with E-state index in [0.29, 0.717) is 10.6 Å². The number of benzene rings is 2. The molecule has 23 heavy (non-hydrogen) atoms. The Kier molecular flexibility index (Phi) is 5.05. The monoisotopic (exact) mass is 429 g/mol. The van der Waals surface area contributed by atoms with Gasteiger partial charge in [0, 0.05) is 26.4 Å². The van der Waals surface area contributed by atoms with Crippen LogP contribution in [0.3, 0.4) is 0 Å². The van der Waals surface area contributed by atoms with Gasteiger partial charge < -0.3 is 5.32 Å². The maximum absolute atomic E-state index is 9.39. The van der Waals surface area contributed by atoms with E-state index >= 15 is 0 Å². The Balaban J connectivity index is 1.81. The lowest BCUT2D eigenvalue weighted by Crippen LogP contribution is -1.91. The smallest absolute Gasteiger partial charge is 0.136 e. The van der Waals surface area contributed by atoms with E-state index in [9.17, 15) is 5.26 Å². The van der Waals surface area contributed by atoms with Gasteiger partial charge in [-0.05, 0) is 46.9 Å². The van der Waals surface area contributed by atoms with Crippen LogP contribution in [0.1, 0.15) is 5.01 Å². The predicted molar refractivity (Wildman–Crippen MR) is 104 cm³/mol. The molecule has 1 aromatic heterocycles. The average Bonchev–Trinajstić information content (AvgIpc) is 3.08. The van der Waals surface area contributed by atoms with Crippen LogP contribution < -0.4 is 5.32 Å². The summed E-state index contributed by atoms with van der Waals surface area (Å²) in [5, 5.41) is 15.2. The molecule has 0 atom stereocenters. The fraction of sp³-hybridized carbons (Fsp3) is 0. The van der Waals surface area contributed by atoms with Crippen molar-refractivity contribution >= 4 is 45.2 Å². The fourth-order valence-corrected chi connectivity index (χ4v) is 3.14. The molecular weight excluding hydrogens is 417 g/mol. The van der Waals surface area contributed by atoms with Gasteiger partial charge in [0.05, 0.1) is 5.69 Å². The SMILES string of the molecule is N#C/C(=C\Nc1ccc(I)cc1)c1nc(-c2ccccc2)cs1. The summed E-state index contributed by atoms with van der Waals surface area (Å²) in [5.74, 6) is 0. The summed E-state index contributed by atoms with van der Waals surface area (Å²) < 4.78 is 1.17. The predicted octanol–water partition coefficient (Wildman–Crippen LogP) is 5.39. The van der Waals surface area contributed by atoms with Crippen LogP contribution in [0.15, 0.2) is 66.2 Å². The zero-order chi connectivity index (χ0) is 16.1. The molecule has 3 nitrogen and oxygen atoms in total. The first kappa shape index (κ1) is 15.7. The highest BCUT2D eigenvalue weighted by Crippen LogP contribution is 2.26. The highest BCUT2D eigenvalue weighted by molar-refractivity contribution is 14.1. The molecule has 0 amide bonds. The molecule has 1 heterocycles. The van der Waals surface area contributed by atoms with Crippen molar-refractivity contribution in [2.45, 2.75) is 0 Å². The lowest BCUT2D eigenvalue weighted by Gasteiger charge is -2.01. The molecule has 0 saturated carbocycles. The Morgan fingerprint density at radius 3 is 2.57 bits per heavy atom. The molecule has 0 unspecified atom stereocenters. The summed E-state index contributed by atoms with van der Waals surface area (Å²) in [7, 11) is 0. The Labute approximate surface area is 152 Å². The molecule has 0 aliphatic carbocycles. The lowest BCUT2D eigenvalue weighted by atomic mass is 10.2. The van der Waals surface area contributed by atoms with Gasteiger partial charge in [0.25, 0.3) is 0 Å². The van der Waals surface area contributed by atoms with Crippen LogP contribution in [0.5, 0.6) is 0 Å². The van der Waals surface area contributed by atoms with Crippen molar-refractivity contribution in [2.24, 2.45) is 0 Å². The Hall–Kier alpha value is -2.17. The van der Waals surface area contributed by atoms with E-state index < -0.39 is 0 Å². The second kappa shape index (κ2) is 7.40. The first-order chi connectivity index (χ1) is 11.3. The van der Waals surface area contributed by atoms with E-state index in [0.717, 1.165) is 16.9 Å². The third kappa shape index (κ3) is 3.97. The Morgan fingerprint density at radius 2 is 1.87 bits per heavy atom. The van der Waals surface area contributed by atoms with Crippen LogP contribution in [-0.2, 0) is 0 Å². The van der Waals surface area contributed by atoms with E-state index in [-0.39, 0.29) is 0 Å². The second-order valence-corrected chi connectivity index (χ2v) is 6.83. The van der Waals surface area contributed by atoms with Crippen molar-refractivity contribution in [3.8, 4) is 17.3 Å². The van der Waals surface area contributed by atoms with Gasteiger partial charge in [-0.25, -0.2) is 4.98 Å². The number of nitrogens with one attached hydrogen (secondary N) is 1. The van der Waals surface area contributed by atoms with Gasteiger partial charge in [-0.2, -0.15) is 5.26 Å². The van der Waals surface area contributed by atoms with E-state index in [1.54, 1.807) is 6.20 Å². The van der Waals surface area contributed by atoms with Crippen molar-refractivity contribution in [3.63, 3.8) is 0 Å². The molecule has 0 aliphatic heterocycles. The molecule has 0 saturated heterocycles. The summed E-state index contributed by atoms with van der Waals surface area (Å²) in [4.78, 5) is 4.56. The summed E-state index contributed by atoms with van der Waals surface area (Å²) in [6, 6.07) is 20.1. The van der Waals surface area contributed by atoms with Crippen LogP contribution in [0.4, 0.5) is 5.69 Å². The fourth-order valence-electron chi connectivity index (χ4n) is 1.98. The number of anilines is 1. The van der Waals surface area contributed by atoms with Crippen LogP contribution in [0.25, 0.3) is 16.8 Å². The molecule has 5 heteroatoms.